The molecule has 0 saturated heterocycles. The Morgan fingerprint density at radius 3 is 2.68 bits per heavy atom. The van der Waals surface area contributed by atoms with Crippen molar-refractivity contribution in [1.82, 2.24) is 14.8 Å². The van der Waals surface area contributed by atoms with Gasteiger partial charge in [0.05, 0.1) is 18.9 Å². The molecular formula is C18H26N4O2S. The van der Waals surface area contributed by atoms with Crippen LogP contribution in [0.2, 0.25) is 0 Å². The normalized spacial score (nSPS) is 10.7. The molecule has 0 saturated carbocycles. The number of unbranched alkanes of at least 4 members (excludes halogenated alkanes) is 1. The third-order valence-electron chi connectivity index (χ3n) is 3.66. The van der Waals surface area contributed by atoms with Crippen molar-refractivity contribution in [2.45, 2.75) is 51.9 Å². The highest BCUT2D eigenvalue weighted by molar-refractivity contribution is 7.99. The number of nitrogens with zero attached hydrogens (tertiary/aromatic N) is 3. The zero-order valence-electron chi connectivity index (χ0n) is 15.1. The Bertz CT molecular complexity index is 670. The van der Waals surface area contributed by atoms with Crippen molar-refractivity contribution in [3.05, 3.63) is 35.7 Å². The van der Waals surface area contributed by atoms with Gasteiger partial charge in [-0.05, 0) is 32.4 Å². The second kappa shape index (κ2) is 10.1. The van der Waals surface area contributed by atoms with Crippen molar-refractivity contribution in [2.24, 2.45) is 0 Å². The van der Waals surface area contributed by atoms with E-state index in [9.17, 15) is 4.79 Å². The molecule has 1 N–H and O–H groups in total. The van der Waals surface area contributed by atoms with E-state index < -0.39 is 0 Å². The van der Waals surface area contributed by atoms with Crippen molar-refractivity contribution in [3.63, 3.8) is 0 Å². The van der Waals surface area contributed by atoms with Gasteiger partial charge in [0.2, 0.25) is 0 Å². The van der Waals surface area contributed by atoms with E-state index in [4.69, 9.17) is 4.74 Å². The first-order valence-corrected chi connectivity index (χ1v) is 9.63. The molecule has 2 rings (SSSR count). The molecule has 2 aromatic rings. The van der Waals surface area contributed by atoms with Gasteiger partial charge in [0, 0.05) is 12.2 Å². The lowest BCUT2D eigenvalue weighted by Gasteiger charge is -2.11. The number of anilines is 1. The number of thioether (sulfide) groups is 1. The molecule has 1 heterocycles. The monoisotopic (exact) mass is 362 g/mol. The number of aromatic nitrogens is 3. The van der Waals surface area contributed by atoms with Crippen LogP contribution >= 0.6 is 11.8 Å². The molecule has 0 unspecified atom stereocenters. The second-order valence-electron chi connectivity index (χ2n) is 5.72. The van der Waals surface area contributed by atoms with Crippen molar-refractivity contribution < 1.29 is 9.53 Å². The number of hydrogen-bond acceptors (Lipinski definition) is 6. The first-order chi connectivity index (χ1) is 12.1. The van der Waals surface area contributed by atoms with Gasteiger partial charge in [0.15, 0.2) is 11.0 Å². The maximum atomic E-state index is 11.6. The van der Waals surface area contributed by atoms with Gasteiger partial charge < -0.3 is 14.6 Å². The average molecular weight is 362 g/mol. The molecule has 0 spiro atoms. The molecule has 6 nitrogen and oxygen atoms in total. The van der Waals surface area contributed by atoms with Crippen molar-refractivity contribution in [1.29, 1.82) is 0 Å². The van der Waals surface area contributed by atoms with E-state index in [-0.39, 0.29) is 11.7 Å². The van der Waals surface area contributed by atoms with E-state index in [0.717, 1.165) is 36.1 Å². The molecular weight excluding hydrogens is 336 g/mol. The van der Waals surface area contributed by atoms with Crippen LogP contribution in [0.15, 0.2) is 29.4 Å². The number of esters is 1. The second-order valence-corrected chi connectivity index (χ2v) is 6.66. The number of aryl methyl sites for hydroxylation is 1. The predicted octanol–water partition coefficient (Wildman–Crippen LogP) is 3.65. The molecule has 0 aliphatic rings. The molecule has 1 aromatic carbocycles. The van der Waals surface area contributed by atoms with Crippen molar-refractivity contribution in [2.75, 3.05) is 17.7 Å². The van der Waals surface area contributed by atoms with E-state index >= 15 is 0 Å². The van der Waals surface area contributed by atoms with Crippen LogP contribution < -0.4 is 5.32 Å². The third-order valence-corrected chi connectivity index (χ3v) is 4.60. The summed E-state index contributed by atoms with van der Waals surface area (Å²) in [5, 5.41) is 12.7. The van der Waals surface area contributed by atoms with Gasteiger partial charge >= 0.3 is 5.97 Å². The number of benzene rings is 1. The molecule has 136 valence electrons. The van der Waals surface area contributed by atoms with E-state index in [2.05, 4.69) is 58.2 Å². The van der Waals surface area contributed by atoms with E-state index in [1.807, 2.05) is 0 Å². The topological polar surface area (TPSA) is 69.0 Å². The summed E-state index contributed by atoms with van der Waals surface area (Å²) in [5.41, 5.74) is 2.28. The molecule has 0 aliphatic heterocycles. The molecule has 7 heteroatoms. The number of ether oxygens (including phenoxy) is 1. The first-order valence-electron chi connectivity index (χ1n) is 8.65. The van der Waals surface area contributed by atoms with Crippen LogP contribution in [0.1, 0.15) is 38.1 Å². The highest BCUT2D eigenvalue weighted by Crippen LogP contribution is 2.19. The number of rotatable bonds is 10. The fraction of sp³-hybridized carbons (Fsp3) is 0.500. The van der Waals surface area contributed by atoms with Crippen molar-refractivity contribution >= 4 is 23.4 Å². The van der Waals surface area contributed by atoms with Crippen LogP contribution in [0.4, 0.5) is 5.69 Å². The van der Waals surface area contributed by atoms with E-state index in [1.54, 1.807) is 6.92 Å². The van der Waals surface area contributed by atoms with Crippen LogP contribution in [0.25, 0.3) is 0 Å². The lowest BCUT2D eigenvalue weighted by Crippen LogP contribution is -2.11. The highest BCUT2D eigenvalue weighted by atomic mass is 32.2. The smallest absolute Gasteiger partial charge is 0.316 e. The van der Waals surface area contributed by atoms with Crippen LogP contribution in [0, 0.1) is 6.92 Å². The third kappa shape index (κ3) is 6.08. The molecule has 0 amide bonds. The van der Waals surface area contributed by atoms with Crippen molar-refractivity contribution in [3.8, 4) is 0 Å². The Morgan fingerprint density at radius 2 is 2.00 bits per heavy atom. The Balaban J connectivity index is 2.03. The minimum absolute atomic E-state index is 0.225. The summed E-state index contributed by atoms with van der Waals surface area (Å²) in [7, 11) is 0. The predicted molar refractivity (Wildman–Crippen MR) is 101 cm³/mol. The van der Waals surface area contributed by atoms with Gasteiger partial charge in [0.25, 0.3) is 0 Å². The highest BCUT2D eigenvalue weighted by Gasteiger charge is 2.14. The number of nitrogens with one attached hydrogen (secondary N) is 1. The number of carbonyl (C=O) groups excluding carboxylic acids is 1. The Labute approximate surface area is 153 Å². The fourth-order valence-electron chi connectivity index (χ4n) is 2.28. The van der Waals surface area contributed by atoms with E-state index in [1.165, 1.54) is 17.3 Å². The summed E-state index contributed by atoms with van der Waals surface area (Å²) in [6.07, 6.45) is 2.13. The summed E-state index contributed by atoms with van der Waals surface area (Å²) in [4.78, 5) is 11.6. The van der Waals surface area contributed by atoms with Crippen LogP contribution in [0.3, 0.4) is 0 Å². The minimum Gasteiger partial charge on any atom is -0.465 e. The van der Waals surface area contributed by atoms with Gasteiger partial charge in [-0.3, -0.25) is 4.79 Å². The largest absolute Gasteiger partial charge is 0.465 e. The molecule has 0 fully saturated rings. The summed E-state index contributed by atoms with van der Waals surface area (Å²) < 4.78 is 7.07. The average Bonchev–Trinajstić information content (AvgIpc) is 3.00. The molecule has 0 aliphatic carbocycles. The summed E-state index contributed by atoms with van der Waals surface area (Å²) in [5.74, 6) is 0.904. The molecule has 1 aromatic heterocycles. The van der Waals surface area contributed by atoms with Gasteiger partial charge in [-0.15, -0.1) is 10.2 Å². The SMILES string of the molecule is CCCCn1c(CNc2ccc(C)cc2)nnc1SCC(=O)OCC. The van der Waals surface area contributed by atoms with Crippen LogP contribution in [-0.4, -0.2) is 33.1 Å². The first kappa shape index (κ1) is 19.3. The molecule has 25 heavy (non-hydrogen) atoms. The lowest BCUT2D eigenvalue weighted by atomic mass is 10.2. The maximum Gasteiger partial charge on any atom is 0.316 e. The van der Waals surface area contributed by atoms with Gasteiger partial charge in [-0.1, -0.05) is 42.8 Å². The Morgan fingerprint density at radius 1 is 1.24 bits per heavy atom. The number of hydrogen-bond donors (Lipinski definition) is 1. The van der Waals surface area contributed by atoms with Gasteiger partial charge in [-0.2, -0.15) is 0 Å². The fourth-order valence-corrected chi connectivity index (χ4v) is 3.06. The Hall–Kier alpha value is -2.02. The maximum absolute atomic E-state index is 11.6. The standard InChI is InChI=1S/C18H26N4O2S/c1-4-6-11-22-16(12-19-15-9-7-14(3)8-10-15)20-21-18(22)25-13-17(23)24-5-2/h7-10,19H,4-6,11-13H2,1-3H3. The molecule has 0 atom stereocenters. The van der Waals surface area contributed by atoms with Crippen LogP contribution in [-0.2, 0) is 22.6 Å². The molecule has 0 radical (unpaired) electrons. The van der Waals surface area contributed by atoms with Gasteiger partial charge in [-0.25, -0.2) is 0 Å². The molecule has 0 bridgehead atoms. The number of carbonyl (C=O) groups is 1. The lowest BCUT2D eigenvalue weighted by molar-refractivity contribution is -0.139. The van der Waals surface area contributed by atoms with Gasteiger partial charge in [0.1, 0.15) is 0 Å². The van der Waals surface area contributed by atoms with Crippen LogP contribution in [0.5, 0.6) is 0 Å². The minimum atomic E-state index is -0.225. The Kier molecular flexibility index (Phi) is 7.78. The summed E-state index contributed by atoms with van der Waals surface area (Å²) in [6, 6.07) is 8.26. The van der Waals surface area contributed by atoms with E-state index in [0.29, 0.717) is 13.2 Å². The quantitative estimate of drug-likeness (QED) is 0.514. The summed E-state index contributed by atoms with van der Waals surface area (Å²) >= 11 is 1.38. The zero-order chi connectivity index (χ0) is 18.1. The summed E-state index contributed by atoms with van der Waals surface area (Å²) in [6.45, 7) is 7.87. The zero-order valence-corrected chi connectivity index (χ0v) is 15.9.